The molecule has 1 spiro atoms. The molecule has 1 nitrogen and oxygen atoms in total. The first-order valence-corrected chi connectivity index (χ1v) is 5.27. The molecule has 0 bridgehead atoms. The molecule has 0 radical (unpaired) electrons. The highest BCUT2D eigenvalue weighted by molar-refractivity contribution is 5.19. The van der Waals surface area contributed by atoms with E-state index >= 15 is 0 Å². The van der Waals surface area contributed by atoms with Crippen LogP contribution in [0.2, 0.25) is 0 Å². The molecule has 3 atom stereocenters. The van der Waals surface area contributed by atoms with Crippen molar-refractivity contribution in [2.45, 2.75) is 45.3 Å². The molecule has 2 fully saturated rings. The molecule has 76 valence electrons. The van der Waals surface area contributed by atoms with Gasteiger partial charge in [0.15, 0.2) is 0 Å². The minimum absolute atomic E-state index is 0.0245. The Morgan fingerprint density at radius 3 is 2.23 bits per heavy atom. The lowest BCUT2D eigenvalue weighted by Gasteiger charge is -2.22. The topological polar surface area (TPSA) is 3.24 Å². The van der Waals surface area contributed by atoms with Gasteiger partial charge < -0.3 is 4.90 Å². The van der Waals surface area contributed by atoms with Gasteiger partial charge in [-0.15, -0.1) is 0 Å². The fraction of sp³-hybridized carbons (Fsp3) is 1.00. The predicted molar refractivity (Wildman–Crippen MR) is 52.4 cm³/mol. The summed E-state index contributed by atoms with van der Waals surface area (Å²) in [5, 5.41) is 0. The number of nitrogens with zero attached hydrogens (tertiary/aromatic N) is 1. The van der Waals surface area contributed by atoms with Gasteiger partial charge in [-0.1, -0.05) is 13.8 Å². The van der Waals surface area contributed by atoms with Crippen LogP contribution in [0.25, 0.3) is 0 Å². The fourth-order valence-corrected chi connectivity index (χ4v) is 3.06. The Balaban J connectivity index is 2.09. The zero-order valence-corrected chi connectivity index (χ0v) is 9.10. The first-order valence-electron chi connectivity index (χ1n) is 5.27. The first kappa shape index (κ1) is 9.45. The molecule has 1 saturated carbocycles. The van der Waals surface area contributed by atoms with Gasteiger partial charge in [0.05, 0.1) is 0 Å². The third kappa shape index (κ3) is 1.22. The van der Waals surface area contributed by atoms with Crippen LogP contribution in [0.4, 0.5) is 4.39 Å². The van der Waals surface area contributed by atoms with Gasteiger partial charge in [0.2, 0.25) is 0 Å². The van der Waals surface area contributed by atoms with E-state index in [4.69, 9.17) is 0 Å². The van der Waals surface area contributed by atoms with E-state index < -0.39 is 5.67 Å². The summed E-state index contributed by atoms with van der Waals surface area (Å²) in [7, 11) is 2.13. The van der Waals surface area contributed by atoms with Crippen molar-refractivity contribution in [1.29, 1.82) is 0 Å². The smallest absolute Gasteiger partial charge is 0.116 e. The molecule has 1 saturated heterocycles. The lowest BCUT2D eigenvalue weighted by atomic mass is 9.94. The quantitative estimate of drug-likeness (QED) is 0.606. The van der Waals surface area contributed by atoms with E-state index in [1.807, 2.05) is 0 Å². The third-order valence-corrected chi connectivity index (χ3v) is 4.14. The maximum absolute atomic E-state index is 13.7. The lowest BCUT2D eigenvalue weighted by Crippen LogP contribution is -2.29. The van der Waals surface area contributed by atoms with E-state index in [2.05, 4.69) is 25.8 Å². The van der Waals surface area contributed by atoms with Crippen LogP contribution >= 0.6 is 0 Å². The van der Waals surface area contributed by atoms with E-state index in [1.54, 1.807) is 6.92 Å². The fourth-order valence-electron chi connectivity index (χ4n) is 3.06. The van der Waals surface area contributed by atoms with Gasteiger partial charge in [-0.3, -0.25) is 0 Å². The maximum Gasteiger partial charge on any atom is 0.116 e. The van der Waals surface area contributed by atoms with Crippen LogP contribution in [0.1, 0.15) is 33.6 Å². The van der Waals surface area contributed by atoms with Crippen molar-refractivity contribution in [1.82, 2.24) is 4.90 Å². The zero-order chi connectivity index (χ0) is 9.85. The van der Waals surface area contributed by atoms with Gasteiger partial charge in [-0.05, 0) is 32.7 Å². The first-order chi connectivity index (χ1) is 5.88. The number of likely N-dealkylation sites (tertiary alicyclic amines) is 1. The minimum Gasteiger partial charge on any atom is -0.302 e. The summed E-state index contributed by atoms with van der Waals surface area (Å²) in [6.45, 7) is 7.20. The molecule has 13 heavy (non-hydrogen) atoms. The summed E-state index contributed by atoms with van der Waals surface area (Å²) < 4.78 is 13.7. The van der Waals surface area contributed by atoms with Crippen LogP contribution < -0.4 is 0 Å². The summed E-state index contributed by atoms with van der Waals surface area (Å²) in [6.07, 6.45) is 1.85. The Bertz CT molecular complexity index is 224. The molecule has 0 aromatic carbocycles. The molecule has 0 N–H and O–H groups in total. The Labute approximate surface area is 80.3 Å². The van der Waals surface area contributed by atoms with E-state index in [0.29, 0.717) is 12.0 Å². The van der Waals surface area contributed by atoms with Crippen molar-refractivity contribution in [3.63, 3.8) is 0 Å². The van der Waals surface area contributed by atoms with E-state index in [0.717, 1.165) is 19.4 Å². The molecule has 1 aliphatic heterocycles. The van der Waals surface area contributed by atoms with Crippen LogP contribution in [0.3, 0.4) is 0 Å². The van der Waals surface area contributed by atoms with Gasteiger partial charge in [-0.2, -0.15) is 0 Å². The van der Waals surface area contributed by atoms with E-state index in [1.165, 1.54) is 0 Å². The summed E-state index contributed by atoms with van der Waals surface area (Å²) in [6, 6.07) is 0.595. The number of halogens is 1. The lowest BCUT2D eigenvalue weighted by molar-refractivity contribution is 0.238. The SMILES string of the molecule is CC(C)C1CC2(CN1C)CC2(C)F. The highest BCUT2D eigenvalue weighted by Gasteiger charge is 2.69. The van der Waals surface area contributed by atoms with E-state index in [-0.39, 0.29) is 5.41 Å². The number of rotatable bonds is 1. The average Bonchev–Trinajstić information content (AvgIpc) is 2.36. The Morgan fingerprint density at radius 2 is 2.00 bits per heavy atom. The van der Waals surface area contributed by atoms with E-state index in [9.17, 15) is 4.39 Å². The van der Waals surface area contributed by atoms with Crippen molar-refractivity contribution in [2.24, 2.45) is 11.3 Å². The van der Waals surface area contributed by atoms with Crippen LogP contribution in [0, 0.1) is 11.3 Å². The standard InChI is InChI=1S/C11H20FN/c1-8(2)9-5-11(7-13(9)4)6-10(11,3)12/h8-9H,5-7H2,1-4H3. The van der Waals surface area contributed by atoms with Gasteiger partial charge in [0.1, 0.15) is 5.67 Å². The second-order valence-electron chi connectivity index (χ2n) is 5.59. The van der Waals surface area contributed by atoms with Gasteiger partial charge >= 0.3 is 0 Å². The van der Waals surface area contributed by atoms with Gasteiger partial charge in [-0.25, -0.2) is 4.39 Å². The zero-order valence-electron chi connectivity index (χ0n) is 9.10. The Hall–Kier alpha value is -0.110. The van der Waals surface area contributed by atoms with Crippen LogP contribution in [-0.4, -0.2) is 30.2 Å². The minimum atomic E-state index is -0.870. The third-order valence-electron chi connectivity index (χ3n) is 4.14. The van der Waals surface area contributed by atoms with Gasteiger partial charge in [0, 0.05) is 18.0 Å². The highest BCUT2D eigenvalue weighted by Crippen LogP contribution is 2.65. The Morgan fingerprint density at radius 1 is 1.46 bits per heavy atom. The molecule has 2 heteroatoms. The molecule has 3 unspecified atom stereocenters. The molecular weight excluding hydrogens is 165 g/mol. The molecular formula is C11H20FN. The van der Waals surface area contributed by atoms with Crippen LogP contribution in [0.15, 0.2) is 0 Å². The van der Waals surface area contributed by atoms with Crippen molar-refractivity contribution in [3.8, 4) is 0 Å². The predicted octanol–water partition coefficient (Wildman–Crippen LogP) is 2.46. The van der Waals surface area contributed by atoms with Gasteiger partial charge in [0.25, 0.3) is 0 Å². The largest absolute Gasteiger partial charge is 0.302 e. The second kappa shape index (κ2) is 2.47. The molecule has 1 heterocycles. The van der Waals surface area contributed by atoms with Crippen molar-refractivity contribution >= 4 is 0 Å². The Kier molecular flexibility index (Phi) is 1.80. The summed E-state index contributed by atoms with van der Waals surface area (Å²) in [5.41, 5.74) is -0.846. The monoisotopic (exact) mass is 185 g/mol. The molecule has 1 aliphatic carbocycles. The average molecular weight is 185 g/mol. The molecule has 0 aromatic heterocycles. The van der Waals surface area contributed by atoms with Crippen molar-refractivity contribution < 1.29 is 4.39 Å². The summed E-state index contributed by atoms with van der Waals surface area (Å²) in [4.78, 5) is 2.34. The number of hydrogen-bond acceptors (Lipinski definition) is 1. The molecule has 2 aliphatic rings. The van der Waals surface area contributed by atoms with Crippen molar-refractivity contribution in [2.75, 3.05) is 13.6 Å². The molecule has 0 amide bonds. The molecule has 0 aromatic rings. The van der Waals surface area contributed by atoms with Crippen LogP contribution in [-0.2, 0) is 0 Å². The van der Waals surface area contributed by atoms with Crippen molar-refractivity contribution in [3.05, 3.63) is 0 Å². The summed E-state index contributed by atoms with van der Waals surface area (Å²) in [5.74, 6) is 0.653. The summed E-state index contributed by atoms with van der Waals surface area (Å²) >= 11 is 0. The second-order valence-corrected chi connectivity index (χ2v) is 5.59. The highest BCUT2D eigenvalue weighted by atomic mass is 19.1. The maximum atomic E-state index is 13.7. The van der Waals surface area contributed by atoms with Crippen LogP contribution in [0.5, 0.6) is 0 Å². The normalized spacial score (nSPS) is 50.8. The molecule has 2 rings (SSSR count). The number of alkyl halides is 1. The number of hydrogen-bond donors (Lipinski definition) is 0.